The van der Waals surface area contributed by atoms with E-state index in [0.717, 1.165) is 4.31 Å². The van der Waals surface area contributed by atoms with E-state index in [9.17, 15) is 18.0 Å². The van der Waals surface area contributed by atoms with E-state index in [1.165, 1.54) is 29.2 Å². The molecule has 43 heavy (non-hydrogen) atoms. The molecule has 0 aliphatic carbocycles. The molecule has 0 bridgehead atoms. The van der Waals surface area contributed by atoms with Gasteiger partial charge in [0.05, 0.1) is 27.2 Å². The highest BCUT2D eigenvalue weighted by atomic mass is 35.5. The number of para-hydroxylation sites is 2. The van der Waals surface area contributed by atoms with Crippen molar-refractivity contribution in [3.63, 3.8) is 0 Å². The Morgan fingerprint density at radius 3 is 2.21 bits per heavy atom. The van der Waals surface area contributed by atoms with Crippen molar-refractivity contribution in [3.05, 3.63) is 87.4 Å². The Kier molecular flexibility index (Phi) is 12.6. The lowest BCUT2D eigenvalue weighted by Crippen LogP contribution is -2.52. The quantitative estimate of drug-likeness (QED) is 0.203. The number of nitrogens with zero attached hydrogens (tertiary/aromatic N) is 2. The van der Waals surface area contributed by atoms with E-state index < -0.39 is 28.5 Å². The molecule has 12 heteroatoms. The van der Waals surface area contributed by atoms with E-state index >= 15 is 0 Å². The summed E-state index contributed by atoms with van der Waals surface area (Å²) in [5.41, 5.74) is 0.805. The van der Waals surface area contributed by atoms with Crippen molar-refractivity contribution in [2.45, 2.75) is 51.6 Å². The van der Waals surface area contributed by atoms with E-state index in [4.69, 9.17) is 39.5 Å². The van der Waals surface area contributed by atoms with Gasteiger partial charge in [0.25, 0.3) is 10.0 Å². The average molecular weight is 669 g/mol. The van der Waals surface area contributed by atoms with Crippen LogP contribution >= 0.6 is 34.8 Å². The summed E-state index contributed by atoms with van der Waals surface area (Å²) in [7, 11) is -4.29. The standard InChI is InChI=1S/C31H36Cl3N3O5S/c1-5-27(31(39)35-18-21(3)4)36(19-22-11-16-25(33)26(34)17-22)30(38)20-37(28-9-7-8-10-29(28)42-6-2)43(40,41)24-14-12-23(32)13-15-24/h7-17,21,27H,5-6,18-20H2,1-4H3,(H,35,39)/t27-/m1/s1. The van der Waals surface area contributed by atoms with Gasteiger partial charge in [0.1, 0.15) is 18.3 Å². The normalized spacial score (nSPS) is 12.1. The lowest BCUT2D eigenvalue weighted by molar-refractivity contribution is -0.140. The third-order valence-electron chi connectivity index (χ3n) is 6.52. The van der Waals surface area contributed by atoms with Crippen LogP contribution in [0.25, 0.3) is 0 Å². The van der Waals surface area contributed by atoms with Gasteiger partial charge in [-0.3, -0.25) is 13.9 Å². The predicted octanol–water partition coefficient (Wildman–Crippen LogP) is 6.82. The maximum atomic E-state index is 14.2. The predicted molar refractivity (Wildman–Crippen MR) is 173 cm³/mol. The summed E-state index contributed by atoms with van der Waals surface area (Å²) in [6.07, 6.45) is 0.288. The molecule has 0 heterocycles. The highest BCUT2D eigenvalue weighted by molar-refractivity contribution is 7.92. The molecule has 0 aromatic heterocycles. The van der Waals surface area contributed by atoms with E-state index in [0.29, 0.717) is 27.2 Å². The molecule has 0 saturated heterocycles. The molecule has 232 valence electrons. The number of rotatable bonds is 14. The molecule has 0 aliphatic heterocycles. The van der Waals surface area contributed by atoms with Crippen LogP contribution in [0.2, 0.25) is 15.1 Å². The van der Waals surface area contributed by atoms with Crippen molar-refractivity contribution in [1.29, 1.82) is 0 Å². The van der Waals surface area contributed by atoms with E-state index in [-0.39, 0.29) is 47.7 Å². The summed E-state index contributed by atoms with van der Waals surface area (Å²) in [4.78, 5) is 28.9. The van der Waals surface area contributed by atoms with Gasteiger partial charge in [-0.05, 0) is 73.4 Å². The molecule has 0 spiro atoms. The molecular formula is C31H36Cl3N3O5S. The monoisotopic (exact) mass is 667 g/mol. The van der Waals surface area contributed by atoms with Crippen molar-refractivity contribution < 1.29 is 22.7 Å². The Bertz CT molecular complexity index is 1520. The highest BCUT2D eigenvalue weighted by Crippen LogP contribution is 2.33. The number of halogens is 3. The van der Waals surface area contributed by atoms with Crippen LogP contribution in [0.15, 0.2) is 71.6 Å². The molecular weight excluding hydrogens is 633 g/mol. The fourth-order valence-corrected chi connectivity index (χ4v) is 6.24. The molecule has 3 aromatic rings. The number of benzene rings is 3. The molecule has 0 aliphatic rings. The first kappa shape index (κ1) is 34.5. The van der Waals surface area contributed by atoms with Crippen LogP contribution in [0, 0.1) is 5.92 Å². The number of carbonyl (C=O) groups excluding carboxylic acids is 2. The van der Waals surface area contributed by atoms with Gasteiger partial charge in [-0.25, -0.2) is 8.42 Å². The van der Waals surface area contributed by atoms with Gasteiger partial charge in [0.15, 0.2) is 0 Å². The second-order valence-corrected chi connectivity index (χ2v) is 13.3. The van der Waals surface area contributed by atoms with Gasteiger partial charge in [-0.15, -0.1) is 0 Å². The topological polar surface area (TPSA) is 96.0 Å². The van der Waals surface area contributed by atoms with E-state index in [1.807, 2.05) is 13.8 Å². The SMILES string of the molecule is CCOc1ccccc1N(CC(=O)N(Cc1ccc(Cl)c(Cl)c1)[C@H](CC)C(=O)NCC(C)C)S(=O)(=O)c1ccc(Cl)cc1. The molecule has 0 saturated carbocycles. The number of carbonyl (C=O) groups is 2. The average Bonchev–Trinajstić information content (AvgIpc) is 2.97. The summed E-state index contributed by atoms with van der Waals surface area (Å²) >= 11 is 18.4. The molecule has 8 nitrogen and oxygen atoms in total. The Labute approximate surface area is 268 Å². The molecule has 3 rings (SSSR count). The largest absolute Gasteiger partial charge is 0.492 e. The zero-order chi connectivity index (χ0) is 31.7. The summed E-state index contributed by atoms with van der Waals surface area (Å²) in [6.45, 7) is 7.59. The van der Waals surface area contributed by atoms with Crippen LogP contribution in [0.1, 0.15) is 39.7 Å². The summed E-state index contributed by atoms with van der Waals surface area (Å²) in [5.74, 6) is -0.461. The molecule has 0 fully saturated rings. The van der Waals surface area contributed by atoms with Crippen LogP contribution in [-0.4, -0.2) is 50.9 Å². The van der Waals surface area contributed by atoms with Gasteiger partial charge in [0, 0.05) is 18.1 Å². The van der Waals surface area contributed by atoms with Crippen LogP contribution in [-0.2, 0) is 26.2 Å². The van der Waals surface area contributed by atoms with Crippen LogP contribution < -0.4 is 14.4 Å². The second-order valence-electron chi connectivity index (χ2n) is 10.2. The number of sulfonamides is 1. The number of nitrogens with one attached hydrogen (secondary N) is 1. The van der Waals surface area contributed by atoms with Gasteiger partial charge < -0.3 is 15.0 Å². The molecule has 3 aromatic carbocycles. The first-order valence-electron chi connectivity index (χ1n) is 13.9. The fourth-order valence-electron chi connectivity index (χ4n) is 4.36. The van der Waals surface area contributed by atoms with Gasteiger partial charge in [-0.1, -0.05) is 73.8 Å². The number of hydrogen-bond acceptors (Lipinski definition) is 5. The maximum Gasteiger partial charge on any atom is 0.264 e. The Balaban J connectivity index is 2.11. The first-order chi connectivity index (χ1) is 20.4. The van der Waals surface area contributed by atoms with Crippen molar-refractivity contribution in [2.24, 2.45) is 5.92 Å². The van der Waals surface area contributed by atoms with Crippen LogP contribution in [0.4, 0.5) is 5.69 Å². The zero-order valence-electron chi connectivity index (χ0n) is 24.5. The van der Waals surface area contributed by atoms with Crippen molar-refractivity contribution in [2.75, 3.05) is 24.0 Å². The molecule has 0 unspecified atom stereocenters. The number of ether oxygens (including phenoxy) is 1. The molecule has 1 N–H and O–H groups in total. The second kappa shape index (κ2) is 15.7. The third-order valence-corrected chi connectivity index (χ3v) is 9.29. The Morgan fingerprint density at radius 1 is 0.930 bits per heavy atom. The van der Waals surface area contributed by atoms with Gasteiger partial charge in [-0.2, -0.15) is 0 Å². The maximum absolute atomic E-state index is 14.2. The lowest BCUT2D eigenvalue weighted by atomic mass is 10.1. The van der Waals surface area contributed by atoms with Gasteiger partial charge in [0.2, 0.25) is 11.8 Å². The van der Waals surface area contributed by atoms with Gasteiger partial charge >= 0.3 is 0 Å². The van der Waals surface area contributed by atoms with E-state index in [2.05, 4.69) is 5.32 Å². The lowest BCUT2D eigenvalue weighted by Gasteiger charge is -2.33. The number of hydrogen-bond donors (Lipinski definition) is 1. The fraction of sp³-hybridized carbons (Fsp3) is 0.355. The van der Waals surface area contributed by atoms with Crippen molar-refractivity contribution >= 4 is 62.3 Å². The highest BCUT2D eigenvalue weighted by Gasteiger charge is 2.34. The van der Waals surface area contributed by atoms with Crippen LogP contribution in [0.5, 0.6) is 5.75 Å². The Morgan fingerprint density at radius 2 is 1.60 bits per heavy atom. The summed E-state index contributed by atoms with van der Waals surface area (Å²) in [5, 5.41) is 3.90. The Hall–Kier alpha value is -2.98. The molecule has 1 atom stereocenters. The minimum atomic E-state index is -4.29. The zero-order valence-corrected chi connectivity index (χ0v) is 27.6. The van der Waals surface area contributed by atoms with Crippen molar-refractivity contribution in [3.8, 4) is 5.75 Å². The smallest absolute Gasteiger partial charge is 0.264 e. The summed E-state index contributed by atoms with van der Waals surface area (Å²) in [6, 6.07) is 16.3. The minimum absolute atomic E-state index is 0.00866. The van der Waals surface area contributed by atoms with Crippen molar-refractivity contribution in [1.82, 2.24) is 10.2 Å². The third kappa shape index (κ3) is 9.01. The molecule has 0 radical (unpaired) electrons. The number of amides is 2. The molecule has 2 amide bonds. The first-order valence-corrected chi connectivity index (χ1v) is 16.5. The van der Waals surface area contributed by atoms with Crippen LogP contribution in [0.3, 0.4) is 0 Å². The minimum Gasteiger partial charge on any atom is -0.492 e. The van der Waals surface area contributed by atoms with E-state index in [1.54, 1.807) is 56.3 Å². The number of anilines is 1. The summed E-state index contributed by atoms with van der Waals surface area (Å²) < 4.78 is 34.9.